The maximum absolute atomic E-state index is 11.3. The monoisotopic (exact) mass is 264 g/mol. The third-order valence-electron chi connectivity index (χ3n) is 3.31. The fraction of sp³-hybridized carbons (Fsp3) is 0.250. The standard InChI is InChI=1S/C12H12N2O3S/c1-8-12-10(6-7-14(8)18(15,16)17)9-4-2-3-5-11(9)13-12/h2-5H,6-7H2,1H3,(H,15,16,17). The summed E-state index contributed by atoms with van der Waals surface area (Å²) in [4.78, 5) is 4.44. The van der Waals surface area contributed by atoms with Crippen LogP contribution in [0, 0.1) is 0 Å². The van der Waals surface area contributed by atoms with Gasteiger partial charge in [0.15, 0.2) is 0 Å². The van der Waals surface area contributed by atoms with Gasteiger partial charge in [-0.25, -0.2) is 9.30 Å². The molecule has 0 radical (unpaired) electrons. The van der Waals surface area contributed by atoms with Crippen LogP contribution in [0.3, 0.4) is 0 Å². The predicted octanol–water partition coefficient (Wildman–Crippen LogP) is 0.211. The predicted molar refractivity (Wildman–Crippen MR) is 66.2 cm³/mol. The van der Waals surface area contributed by atoms with Gasteiger partial charge >= 0.3 is 10.3 Å². The number of hydrogen-bond acceptors (Lipinski definition) is 3. The lowest BCUT2D eigenvalue weighted by molar-refractivity contribution is 0.389. The van der Waals surface area contributed by atoms with Gasteiger partial charge in [0.25, 0.3) is 0 Å². The first-order valence-corrected chi connectivity index (χ1v) is 7.01. The molecule has 0 aromatic heterocycles. The van der Waals surface area contributed by atoms with Crippen LogP contribution in [0.1, 0.15) is 13.3 Å². The fourth-order valence-corrected chi connectivity index (χ4v) is 3.24. The van der Waals surface area contributed by atoms with Crippen molar-refractivity contribution in [3.63, 3.8) is 0 Å². The second-order valence-electron chi connectivity index (χ2n) is 4.34. The molecular weight excluding hydrogens is 252 g/mol. The van der Waals surface area contributed by atoms with Crippen molar-refractivity contribution in [1.29, 1.82) is 0 Å². The molecule has 1 N–H and O–H groups in total. The molecule has 0 saturated carbocycles. The highest BCUT2D eigenvalue weighted by atomic mass is 32.2. The van der Waals surface area contributed by atoms with Crippen molar-refractivity contribution in [2.75, 3.05) is 6.54 Å². The van der Waals surface area contributed by atoms with Crippen molar-refractivity contribution in [1.82, 2.24) is 4.31 Å². The second kappa shape index (κ2) is 3.66. The summed E-state index contributed by atoms with van der Waals surface area (Å²) in [6, 6.07) is 7.72. The number of benzene rings is 1. The summed E-state index contributed by atoms with van der Waals surface area (Å²) in [5.41, 5.74) is 2.21. The molecule has 94 valence electrons. The zero-order valence-electron chi connectivity index (χ0n) is 9.79. The van der Waals surface area contributed by atoms with E-state index in [0.717, 1.165) is 20.5 Å². The van der Waals surface area contributed by atoms with E-state index in [-0.39, 0.29) is 6.54 Å². The van der Waals surface area contributed by atoms with Gasteiger partial charge in [-0.3, -0.25) is 4.55 Å². The van der Waals surface area contributed by atoms with Gasteiger partial charge in [0.05, 0.1) is 16.8 Å². The fourth-order valence-electron chi connectivity index (χ4n) is 2.48. The second-order valence-corrected chi connectivity index (χ2v) is 5.68. The molecule has 2 heterocycles. The zero-order chi connectivity index (χ0) is 12.9. The highest BCUT2D eigenvalue weighted by Crippen LogP contribution is 2.30. The Balaban J connectivity index is 2.28. The molecule has 0 bridgehead atoms. The van der Waals surface area contributed by atoms with Crippen LogP contribution in [0.4, 0.5) is 0 Å². The van der Waals surface area contributed by atoms with E-state index in [1.807, 2.05) is 24.3 Å². The third kappa shape index (κ3) is 1.57. The number of fused-ring (bicyclic) bond motifs is 2. The lowest BCUT2D eigenvalue weighted by Crippen LogP contribution is -2.34. The Morgan fingerprint density at radius 2 is 2.06 bits per heavy atom. The zero-order valence-corrected chi connectivity index (χ0v) is 10.6. The van der Waals surface area contributed by atoms with Crippen LogP contribution in [0.2, 0.25) is 0 Å². The Labute approximate surface area is 105 Å². The number of rotatable bonds is 1. The first-order valence-electron chi connectivity index (χ1n) is 5.62. The molecule has 0 amide bonds. The van der Waals surface area contributed by atoms with Gasteiger partial charge < -0.3 is 0 Å². The van der Waals surface area contributed by atoms with Crippen molar-refractivity contribution in [3.8, 4) is 0 Å². The quantitative estimate of drug-likeness (QED) is 0.737. The Morgan fingerprint density at radius 3 is 2.78 bits per heavy atom. The number of hydrogen-bond donors (Lipinski definition) is 1. The van der Waals surface area contributed by atoms with Crippen molar-refractivity contribution in [2.24, 2.45) is 4.99 Å². The number of nitrogens with zero attached hydrogens (tertiary/aromatic N) is 2. The average Bonchev–Trinajstić information content (AvgIpc) is 2.68. The highest BCUT2D eigenvalue weighted by Gasteiger charge is 2.29. The highest BCUT2D eigenvalue weighted by molar-refractivity contribution is 7.83. The average molecular weight is 264 g/mol. The van der Waals surface area contributed by atoms with E-state index in [4.69, 9.17) is 4.55 Å². The topological polar surface area (TPSA) is 70.0 Å². The Kier molecular flexibility index (Phi) is 2.33. The summed E-state index contributed by atoms with van der Waals surface area (Å²) in [5, 5.41) is 1.92. The summed E-state index contributed by atoms with van der Waals surface area (Å²) >= 11 is 0. The summed E-state index contributed by atoms with van der Waals surface area (Å²) in [6.45, 7) is 1.92. The van der Waals surface area contributed by atoms with E-state index in [9.17, 15) is 8.42 Å². The molecule has 3 rings (SSSR count). The van der Waals surface area contributed by atoms with Crippen LogP contribution in [0.15, 0.2) is 40.7 Å². The van der Waals surface area contributed by atoms with Crippen LogP contribution in [-0.4, -0.2) is 23.8 Å². The lowest BCUT2D eigenvalue weighted by Gasteiger charge is -2.27. The van der Waals surface area contributed by atoms with Gasteiger partial charge in [0, 0.05) is 11.8 Å². The molecule has 0 spiro atoms. The molecule has 6 heteroatoms. The summed E-state index contributed by atoms with van der Waals surface area (Å²) in [6.07, 6.45) is 0.562. The first kappa shape index (κ1) is 11.4. The molecule has 18 heavy (non-hydrogen) atoms. The normalized spacial score (nSPS) is 18.6. The van der Waals surface area contributed by atoms with Crippen molar-refractivity contribution >= 4 is 15.9 Å². The van der Waals surface area contributed by atoms with E-state index < -0.39 is 10.3 Å². The SMILES string of the molecule is CC1=C2N=c3ccccc3=C2CCN1S(=O)(=O)O. The van der Waals surface area contributed by atoms with E-state index in [1.165, 1.54) is 0 Å². The van der Waals surface area contributed by atoms with Crippen LogP contribution >= 0.6 is 0 Å². The summed E-state index contributed by atoms with van der Waals surface area (Å²) < 4.78 is 32.7. The summed E-state index contributed by atoms with van der Waals surface area (Å²) in [5.74, 6) is 0. The molecule has 2 aliphatic heterocycles. The first-order chi connectivity index (χ1) is 8.48. The van der Waals surface area contributed by atoms with Gasteiger partial charge in [0.1, 0.15) is 0 Å². The molecule has 1 aromatic rings. The van der Waals surface area contributed by atoms with Crippen LogP contribution < -0.4 is 10.6 Å². The maximum Gasteiger partial charge on any atom is 0.359 e. The molecular formula is C12H12N2O3S. The molecule has 0 aliphatic carbocycles. The van der Waals surface area contributed by atoms with Crippen molar-refractivity contribution < 1.29 is 13.0 Å². The third-order valence-corrected chi connectivity index (χ3v) is 4.32. The number of para-hydroxylation sites is 1. The molecule has 2 aliphatic rings. The molecule has 0 saturated heterocycles. The molecule has 0 atom stereocenters. The minimum Gasteiger partial charge on any atom is -0.269 e. The maximum atomic E-state index is 11.3. The van der Waals surface area contributed by atoms with Gasteiger partial charge in [-0.05, 0) is 25.0 Å². The lowest BCUT2D eigenvalue weighted by atomic mass is 10.0. The van der Waals surface area contributed by atoms with Crippen molar-refractivity contribution in [2.45, 2.75) is 13.3 Å². The van der Waals surface area contributed by atoms with Crippen molar-refractivity contribution in [3.05, 3.63) is 46.2 Å². The largest absolute Gasteiger partial charge is 0.359 e. The minimum atomic E-state index is -4.20. The van der Waals surface area contributed by atoms with Crippen LogP contribution in [-0.2, 0) is 10.3 Å². The molecule has 1 aromatic carbocycles. The van der Waals surface area contributed by atoms with Gasteiger partial charge in [-0.15, -0.1) is 0 Å². The van der Waals surface area contributed by atoms with Crippen LogP contribution in [0.25, 0.3) is 5.57 Å². The molecule has 5 nitrogen and oxygen atoms in total. The van der Waals surface area contributed by atoms with E-state index in [2.05, 4.69) is 4.99 Å². The van der Waals surface area contributed by atoms with Crippen LogP contribution in [0.5, 0.6) is 0 Å². The molecule has 0 fully saturated rings. The number of allylic oxidation sites excluding steroid dienone is 2. The van der Waals surface area contributed by atoms with E-state index in [1.54, 1.807) is 6.92 Å². The Morgan fingerprint density at radius 1 is 1.33 bits per heavy atom. The Bertz CT molecular complexity index is 778. The van der Waals surface area contributed by atoms with Gasteiger partial charge in [0.2, 0.25) is 0 Å². The van der Waals surface area contributed by atoms with E-state index in [0.29, 0.717) is 17.8 Å². The smallest absolute Gasteiger partial charge is 0.269 e. The van der Waals surface area contributed by atoms with E-state index >= 15 is 0 Å². The summed E-state index contributed by atoms with van der Waals surface area (Å²) in [7, 11) is -4.20. The van der Waals surface area contributed by atoms with Gasteiger partial charge in [-0.1, -0.05) is 18.2 Å². The minimum absolute atomic E-state index is 0.257. The molecule has 0 unspecified atom stereocenters. The van der Waals surface area contributed by atoms with Gasteiger partial charge in [-0.2, -0.15) is 8.42 Å². The Hall–Kier alpha value is -1.66.